The van der Waals surface area contributed by atoms with Gasteiger partial charge < -0.3 is 15.5 Å². The van der Waals surface area contributed by atoms with Crippen molar-refractivity contribution in [2.45, 2.75) is 44.7 Å². The average Bonchev–Trinajstić information content (AvgIpc) is 2.86. The molecule has 2 aliphatic heterocycles. The Morgan fingerprint density at radius 3 is 1.94 bits per heavy atom. The first-order chi connectivity index (χ1) is 16.9. The predicted molar refractivity (Wildman–Crippen MR) is 141 cm³/mol. The molecule has 0 unspecified atom stereocenters. The van der Waals surface area contributed by atoms with Crippen LogP contribution in [0.25, 0.3) is 0 Å². The summed E-state index contributed by atoms with van der Waals surface area (Å²) in [7, 11) is 0. The SMILES string of the molecule is CC[C@H]1CN(C(c2ccc(Cl)cc2)c2ccc(Cl)cc2)CCN1C(=O)CC1CCN(C(N)=O)CC1. The van der Waals surface area contributed by atoms with Gasteiger partial charge in [0, 0.05) is 55.2 Å². The van der Waals surface area contributed by atoms with Crippen LogP contribution in [-0.2, 0) is 4.79 Å². The third kappa shape index (κ3) is 6.29. The molecular formula is C27H34Cl2N4O2. The molecule has 0 aliphatic carbocycles. The molecule has 0 bridgehead atoms. The molecule has 2 fully saturated rings. The van der Waals surface area contributed by atoms with E-state index in [9.17, 15) is 9.59 Å². The third-order valence-corrected chi connectivity index (χ3v) is 7.94. The fourth-order valence-corrected chi connectivity index (χ4v) is 5.67. The smallest absolute Gasteiger partial charge is 0.314 e. The van der Waals surface area contributed by atoms with Gasteiger partial charge in [0.2, 0.25) is 5.91 Å². The summed E-state index contributed by atoms with van der Waals surface area (Å²) in [5, 5.41) is 1.43. The number of likely N-dealkylation sites (tertiary alicyclic amines) is 1. The second-order valence-electron chi connectivity index (χ2n) is 9.62. The molecule has 3 amide bonds. The molecule has 0 radical (unpaired) electrons. The molecule has 0 aromatic heterocycles. The van der Waals surface area contributed by atoms with Crippen molar-refractivity contribution in [1.29, 1.82) is 0 Å². The van der Waals surface area contributed by atoms with E-state index in [1.165, 1.54) is 11.1 Å². The van der Waals surface area contributed by atoms with Gasteiger partial charge >= 0.3 is 6.03 Å². The number of halogens is 2. The van der Waals surface area contributed by atoms with Crippen molar-refractivity contribution in [3.63, 3.8) is 0 Å². The van der Waals surface area contributed by atoms with Crippen molar-refractivity contribution in [3.8, 4) is 0 Å². The van der Waals surface area contributed by atoms with E-state index in [-0.39, 0.29) is 24.0 Å². The number of benzene rings is 2. The number of hydrogen-bond acceptors (Lipinski definition) is 3. The van der Waals surface area contributed by atoms with Gasteiger partial charge in [0.05, 0.1) is 6.04 Å². The van der Waals surface area contributed by atoms with Gasteiger partial charge in [0.15, 0.2) is 0 Å². The van der Waals surface area contributed by atoms with E-state index in [0.717, 1.165) is 32.4 Å². The van der Waals surface area contributed by atoms with Crippen LogP contribution in [0.5, 0.6) is 0 Å². The van der Waals surface area contributed by atoms with E-state index < -0.39 is 0 Å². The average molecular weight is 518 g/mol. The van der Waals surface area contributed by atoms with Gasteiger partial charge in [0.1, 0.15) is 0 Å². The van der Waals surface area contributed by atoms with E-state index in [2.05, 4.69) is 41.0 Å². The van der Waals surface area contributed by atoms with E-state index in [1.54, 1.807) is 4.90 Å². The maximum absolute atomic E-state index is 13.3. The molecule has 0 spiro atoms. The van der Waals surface area contributed by atoms with Crippen LogP contribution < -0.4 is 5.73 Å². The number of piperazine rings is 1. The van der Waals surface area contributed by atoms with Crippen molar-refractivity contribution < 1.29 is 9.59 Å². The van der Waals surface area contributed by atoms with Crippen LogP contribution in [0.3, 0.4) is 0 Å². The zero-order chi connectivity index (χ0) is 24.9. The molecule has 2 saturated heterocycles. The van der Waals surface area contributed by atoms with Crippen LogP contribution in [0.4, 0.5) is 4.79 Å². The molecule has 188 valence electrons. The van der Waals surface area contributed by atoms with Crippen molar-refractivity contribution in [3.05, 3.63) is 69.7 Å². The normalized spacial score (nSPS) is 19.8. The first kappa shape index (κ1) is 25.8. The fraction of sp³-hybridized carbons (Fsp3) is 0.481. The molecule has 6 nitrogen and oxygen atoms in total. The summed E-state index contributed by atoms with van der Waals surface area (Å²) < 4.78 is 0. The summed E-state index contributed by atoms with van der Waals surface area (Å²) in [4.78, 5) is 30.9. The number of urea groups is 1. The number of nitrogens with zero attached hydrogens (tertiary/aromatic N) is 3. The van der Waals surface area contributed by atoms with Crippen LogP contribution in [0, 0.1) is 5.92 Å². The van der Waals surface area contributed by atoms with Crippen LogP contribution >= 0.6 is 23.2 Å². The summed E-state index contributed by atoms with van der Waals surface area (Å²) in [5.41, 5.74) is 7.74. The number of piperidine rings is 1. The lowest BCUT2D eigenvalue weighted by Crippen LogP contribution is -2.56. The Bertz CT molecular complexity index is 961. The fourth-order valence-electron chi connectivity index (χ4n) is 5.42. The first-order valence-corrected chi connectivity index (χ1v) is 13.2. The van der Waals surface area contributed by atoms with Gasteiger partial charge in [-0.05, 0) is 60.6 Å². The highest BCUT2D eigenvalue weighted by atomic mass is 35.5. The quantitative estimate of drug-likeness (QED) is 0.574. The summed E-state index contributed by atoms with van der Waals surface area (Å²) >= 11 is 12.3. The Hall–Kier alpha value is -2.28. The van der Waals surface area contributed by atoms with E-state index >= 15 is 0 Å². The summed E-state index contributed by atoms with van der Waals surface area (Å²) in [6.45, 7) is 5.73. The minimum absolute atomic E-state index is 0.0639. The monoisotopic (exact) mass is 516 g/mol. The van der Waals surface area contributed by atoms with Crippen LogP contribution in [0.1, 0.15) is 49.8 Å². The molecule has 2 heterocycles. The summed E-state index contributed by atoms with van der Waals surface area (Å²) in [6, 6.07) is 15.9. The van der Waals surface area contributed by atoms with Gasteiger partial charge in [-0.1, -0.05) is 54.4 Å². The van der Waals surface area contributed by atoms with Crippen molar-refractivity contribution in [2.75, 3.05) is 32.7 Å². The Morgan fingerprint density at radius 2 is 1.46 bits per heavy atom. The topological polar surface area (TPSA) is 69.9 Å². The van der Waals surface area contributed by atoms with Gasteiger partial charge in [-0.3, -0.25) is 9.69 Å². The summed E-state index contributed by atoms with van der Waals surface area (Å²) in [5.74, 6) is 0.535. The highest BCUT2D eigenvalue weighted by molar-refractivity contribution is 6.30. The largest absolute Gasteiger partial charge is 0.351 e. The summed E-state index contributed by atoms with van der Waals surface area (Å²) in [6.07, 6.45) is 3.11. The number of nitrogens with two attached hydrogens (primary N) is 1. The molecule has 8 heteroatoms. The van der Waals surface area contributed by atoms with E-state index in [1.807, 2.05) is 24.3 Å². The number of primary amides is 1. The Labute approximate surface area is 217 Å². The highest BCUT2D eigenvalue weighted by Gasteiger charge is 2.35. The van der Waals surface area contributed by atoms with Crippen LogP contribution in [-0.4, -0.2) is 65.4 Å². The zero-order valence-electron chi connectivity index (χ0n) is 20.2. The van der Waals surface area contributed by atoms with Crippen LogP contribution in [0.15, 0.2) is 48.5 Å². The Balaban J connectivity index is 1.46. The predicted octanol–water partition coefficient (Wildman–Crippen LogP) is 5.19. The number of amides is 3. The number of carbonyl (C=O) groups is 2. The lowest BCUT2D eigenvalue weighted by atomic mass is 9.92. The molecular weight excluding hydrogens is 483 g/mol. The second kappa shape index (κ2) is 11.6. The highest BCUT2D eigenvalue weighted by Crippen LogP contribution is 2.33. The van der Waals surface area contributed by atoms with Gasteiger partial charge in [0.25, 0.3) is 0 Å². The van der Waals surface area contributed by atoms with Crippen LogP contribution in [0.2, 0.25) is 10.0 Å². The number of hydrogen-bond donors (Lipinski definition) is 1. The minimum Gasteiger partial charge on any atom is -0.351 e. The molecule has 4 rings (SSSR count). The Kier molecular flexibility index (Phi) is 8.58. The lowest BCUT2D eigenvalue weighted by molar-refractivity contribution is -0.138. The molecule has 0 saturated carbocycles. The van der Waals surface area contributed by atoms with Crippen molar-refractivity contribution in [2.24, 2.45) is 11.7 Å². The lowest BCUT2D eigenvalue weighted by Gasteiger charge is -2.45. The van der Waals surface area contributed by atoms with E-state index in [0.29, 0.717) is 42.0 Å². The molecule has 2 N–H and O–H groups in total. The minimum atomic E-state index is -0.368. The molecule has 2 aromatic carbocycles. The maximum atomic E-state index is 13.3. The first-order valence-electron chi connectivity index (χ1n) is 12.4. The standard InChI is InChI=1S/C27H34Cl2N4O2/c1-2-24-18-32(15-16-33(24)25(34)17-19-11-13-31(14-12-19)27(30)35)26(20-3-7-22(28)8-4-20)21-5-9-23(29)10-6-21/h3-10,19,24,26H,2,11-18H2,1H3,(H2,30,35)/t24-/m0/s1. The third-order valence-electron chi connectivity index (χ3n) is 7.43. The van der Waals surface area contributed by atoms with Crippen molar-refractivity contribution >= 4 is 35.1 Å². The zero-order valence-corrected chi connectivity index (χ0v) is 21.7. The van der Waals surface area contributed by atoms with Gasteiger partial charge in [-0.15, -0.1) is 0 Å². The number of carbonyl (C=O) groups excluding carboxylic acids is 2. The molecule has 1 atom stereocenters. The van der Waals surface area contributed by atoms with Gasteiger partial charge in [-0.2, -0.15) is 0 Å². The van der Waals surface area contributed by atoms with Crippen molar-refractivity contribution in [1.82, 2.24) is 14.7 Å². The maximum Gasteiger partial charge on any atom is 0.314 e. The Morgan fingerprint density at radius 1 is 0.914 bits per heavy atom. The second-order valence-corrected chi connectivity index (χ2v) is 10.5. The number of rotatable bonds is 6. The molecule has 2 aromatic rings. The molecule has 35 heavy (non-hydrogen) atoms. The van der Waals surface area contributed by atoms with E-state index in [4.69, 9.17) is 28.9 Å². The molecule has 2 aliphatic rings. The van der Waals surface area contributed by atoms with Gasteiger partial charge in [-0.25, -0.2) is 4.79 Å².